The average molecular weight is 576 g/mol. The normalized spacial score (nSPS) is 15.5. The summed E-state index contributed by atoms with van der Waals surface area (Å²) in [6, 6.07) is 13.1. The number of aliphatic hydroxyl groups is 1. The van der Waals surface area contributed by atoms with E-state index in [4.69, 9.17) is 16.6 Å². The quantitative estimate of drug-likeness (QED) is 0.323. The van der Waals surface area contributed by atoms with Gasteiger partial charge in [-0.15, -0.1) is 0 Å². The molecule has 1 N–H and O–H groups in total. The molecule has 1 saturated heterocycles. The van der Waals surface area contributed by atoms with E-state index in [1.807, 2.05) is 37.8 Å². The van der Waals surface area contributed by atoms with E-state index >= 15 is 0 Å². The average Bonchev–Trinajstić information content (AvgIpc) is 2.96. The van der Waals surface area contributed by atoms with Crippen LogP contribution in [0, 0.1) is 5.82 Å². The van der Waals surface area contributed by atoms with Crippen molar-refractivity contribution in [3.05, 3.63) is 93.6 Å². The Morgan fingerprint density at radius 3 is 2.61 bits per heavy atom. The molecule has 0 aliphatic carbocycles. The summed E-state index contributed by atoms with van der Waals surface area (Å²) in [7, 11) is 0. The number of rotatable bonds is 6. The molecule has 0 saturated carbocycles. The van der Waals surface area contributed by atoms with E-state index in [0.29, 0.717) is 42.1 Å². The molecule has 1 atom stereocenters. The number of benzene rings is 2. The lowest BCUT2D eigenvalue weighted by atomic mass is 9.97. The van der Waals surface area contributed by atoms with Crippen LogP contribution in [0.1, 0.15) is 37.8 Å². The van der Waals surface area contributed by atoms with Gasteiger partial charge in [-0.2, -0.15) is 4.98 Å². The molecule has 212 valence electrons. The zero-order chi connectivity index (χ0) is 29.4. The highest BCUT2D eigenvalue weighted by molar-refractivity contribution is 6.33. The van der Waals surface area contributed by atoms with Gasteiger partial charge in [-0.25, -0.2) is 18.7 Å². The standard InChI is InChI=1S/C31H31ClFN5O3/c1-5-26(40)36-13-14-37(19(4)16-36)29-23-15-24(32)27(22-10-6-7-12-25(22)33)34-30(23)38(31(41)35-29)28-20(17-39)9-8-11-21(28)18(2)3/h5-12,15,18-19,39H,1,13-14,16-17H2,2-4H3/t19-/m0/s1. The summed E-state index contributed by atoms with van der Waals surface area (Å²) in [5.74, 6) is -0.279. The zero-order valence-corrected chi connectivity index (χ0v) is 23.9. The van der Waals surface area contributed by atoms with Crippen LogP contribution in [-0.4, -0.2) is 56.1 Å². The predicted molar refractivity (Wildman–Crippen MR) is 159 cm³/mol. The molecule has 0 bridgehead atoms. The van der Waals surface area contributed by atoms with Gasteiger partial charge in [-0.05, 0) is 42.7 Å². The largest absolute Gasteiger partial charge is 0.392 e. The smallest absolute Gasteiger partial charge is 0.355 e. The maximum absolute atomic E-state index is 14.9. The van der Waals surface area contributed by atoms with Crippen LogP contribution in [0.5, 0.6) is 0 Å². The van der Waals surface area contributed by atoms with Crippen molar-refractivity contribution in [1.82, 2.24) is 19.4 Å². The number of aromatic nitrogens is 3. The molecule has 0 radical (unpaired) electrons. The number of anilines is 1. The number of fused-ring (bicyclic) bond motifs is 1. The van der Waals surface area contributed by atoms with Gasteiger partial charge in [0, 0.05) is 36.8 Å². The van der Waals surface area contributed by atoms with Gasteiger partial charge < -0.3 is 14.9 Å². The topological polar surface area (TPSA) is 91.6 Å². The molecule has 1 aliphatic heterocycles. The van der Waals surface area contributed by atoms with Gasteiger partial charge in [0.05, 0.1) is 28.4 Å². The molecule has 2 aromatic carbocycles. The van der Waals surface area contributed by atoms with Crippen LogP contribution >= 0.6 is 11.6 Å². The summed E-state index contributed by atoms with van der Waals surface area (Å²) in [5.41, 5.74) is 1.86. The van der Waals surface area contributed by atoms with Gasteiger partial charge in [0.1, 0.15) is 11.6 Å². The van der Waals surface area contributed by atoms with Gasteiger partial charge in [-0.1, -0.05) is 62.4 Å². The molecule has 0 spiro atoms. The van der Waals surface area contributed by atoms with E-state index in [1.165, 1.54) is 16.7 Å². The van der Waals surface area contributed by atoms with Crippen LogP contribution in [0.25, 0.3) is 28.0 Å². The van der Waals surface area contributed by atoms with Crippen LogP contribution in [0.15, 0.2) is 66.0 Å². The Hall–Kier alpha value is -4.08. The summed E-state index contributed by atoms with van der Waals surface area (Å²) in [6.07, 6.45) is 1.29. The van der Waals surface area contributed by atoms with Crippen molar-refractivity contribution in [2.45, 2.75) is 39.3 Å². The van der Waals surface area contributed by atoms with Gasteiger partial charge in [0.2, 0.25) is 5.91 Å². The van der Waals surface area contributed by atoms with Crippen molar-refractivity contribution >= 4 is 34.4 Å². The minimum absolute atomic E-state index is 0.00645. The number of hydrogen-bond acceptors (Lipinski definition) is 6. The van der Waals surface area contributed by atoms with Gasteiger partial charge in [0.15, 0.2) is 5.65 Å². The molecule has 41 heavy (non-hydrogen) atoms. The summed E-state index contributed by atoms with van der Waals surface area (Å²) in [5, 5.41) is 11.0. The Labute approximate surface area is 242 Å². The van der Waals surface area contributed by atoms with Crippen LogP contribution < -0.4 is 10.6 Å². The number of nitrogens with zero attached hydrogens (tertiary/aromatic N) is 5. The molecule has 1 aliphatic rings. The Balaban J connectivity index is 1.83. The predicted octanol–water partition coefficient (Wildman–Crippen LogP) is 5.08. The fourth-order valence-electron chi connectivity index (χ4n) is 5.45. The Bertz CT molecular complexity index is 1720. The molecule has 8 nitrogen and oxygen atoms in total. The molecule has 1 fully saturated rings. The zero-order valence-electron chi connectivity index (χ0n) is 23.1. The number of carbonyl (C=O) groups is 1. The number of aliphatic hydroxyl groups excluding tert-OH is 1. The van der Waals surface area contributed by atoms with Crippen molar-refractivity contribution in [3.63, 3.8) is 0 Å². The van der Waals surface area contributed by atoms with E-state index < -0.39 is 11.5 Å². The number of pyridine rings is 1. The minimum atomic E-state index is -0.596. The van der Waals surface area contributed by atoms with Crippen LogP contribution in [0.3, 0.4) is 0 Å². The lowest BCUT2D eigenvalue weighted by molar-refractivity contribution is -0.126. The summed E-state index contributed by atoms with van der Waals surface area (Å²) >= 11 is 6.75. The first-order chi connectivity index (χ1) is 19.7. The number of para-hydroxylation sites is 1. The minimum Gasteiger partial charge on any atom is -0.392 e. The molecule has 4 aromatic rings. The first-order valence-electron chi connectivity index (χ1n) is 13.4. The van der Waals surface area contributed by atoms with E-state index in [9.17, 15) is 19.1 Å². The van der Waals surface area contributed by atoms with E-state index in [-0.39, 0.29) is 46.4 Å². The first kappa shape index (κ1) is 28.4. The van der Waals surface area contributed by atoms with Crippen LogP contribution in [0.2, 0.25) is 5.02 Å². The molecular weight excluding hydrogens is 545 g/mol. The fraction of sp³-hybridized carbons (Fsp3) is 0.290. The number of hydrogen-bond donors (Lipinski definition) is 1. The Morgan fingerprint density at radius 1 is 1.20 bits per heavy atom. The molecule has 5 rings (SSSR count). The highest BCUT2D eigenvalue weighted by Crippen LogP contribution is 2.36. The number of carbonyl (C=O) groups excluding carboxylic acids is 1. The molecular formula is C31H31ClFN5O3. The monoisotopic (exact) mass is 575 g/mol. The summed E-state index contributed by atoms with van der Waals surface area (Å²) in [6.45, 7) is 10.5. The lowest BCUT2D eigenvalue weighted by Gasteiger charge is -2.40. The maximum atomic E-state index is 14.9. The van der Waals surface area contributed by atoms with E-state index in [1.54, 1.807) is 35.2 Å². The van der Waals surface area contributed by atoms with Gasteiger partial charge in [-0.3, -0.25) is 4.79 Å². The van der Waals surface area contributed by atoms with Gasteiger partial charge >= 0.3 is 5.69 Å². The van der Waals surface area contributed by atoms with Crippen LogP contribution in [-0.2, 0) is 11.4 Å². The Morgan fingerprint density at radius 2 is 1.95 bits per heavy atom. The second kappa shape index (κ2) is 11.4. The molecule has 10 heteroatoms. The molecule has 2 aromatic heterocycles. The summed E-state index contributed by atoms with van der Waals surface area (Å²) < 4.78 is 16.3. The van der Waals surface area contributed by atoms with Crippen LogP contribution in [0.4, 0.5) is 10.2 Å². The molecule has 3 heterocycles. The first-order valence-corrected chi connectivity index (χ1v) is 13.8. The lowest BCUT2D eigenvalue weighted by Crippen LogP contribution is -2.54. The second-order valence-corrected chi connectivity index (χ2v) is 10.8. The summed E-state index contributed by atoms with van der Waals surface area (Å²) in [4.78, 5) is 39.3. The third-order valence-corrected chi connectivity index (χ3v) is 7.77. The fourth-order valence-corrected chi connectivity index (χ4v) is 5.70. The van der Waals surface area contributed by atoms with E-state index in [0.717, 1.165) is 5.56 Å². The van der Waals surface area contributed by atoms with E-state index in [2.05, 4.69) is 11.6 Å². The second-order valence-electron chi connectivity index (χ2n) is 10.4. The number of piperazine rings is 1. The third kappa shape index (κ3) is 5.11. The SMILES string of the molecule is C=CC(=O)N1CCN(c2nc(=O)n(-c3c(CO)cccc3C(C)C)c3nc(-c4ccccc4F)c(Cl)cc23)[C@@H](C)C1. The number of halogens is 2. The van der Waals surface area contributed by atoms with Crippen molar-refractivity contribution in [1.29, 1.82) is 0 Å². The number of amides is 1. The van der Waals surface area contributed by atoms with Crippen molar-refractivity contribution in [3.8, 4) is 16.9 Å². The van der Waals surface area contributed by atoms with Crippen molar-refractivity contribution in [2.24, 2.45) is 0 Å². The third-order valence-electron chi connectivity index (χ3n) is 7.48. The van der Waals surface area contributed by atoms with Gasteiger partial charge in [0.25, 0.3) is 0 Å². The van der Waals surface area contributed by atoms with Crippen molar-refractivity contribution < 1.29 is 14.3 Å². The Kier molecular flexibility index (Phi) is 7.93. The molecule has 1 amide bonds. The maximum Gasteiger partial charge on any atom is 0.355 e. The van der Waals surface area contributed by atoms with Crippen molar-refractivity contribution in [2.75, 3.05) is 24.5 Å². The molecule has 0 unspecified atom stereocenters. The highest BCUT2D eigenvalue weighted by Gasteiger charge is 2.30. The highest BCUT2D eigenvalue weighted by atomic mass is 35.5.